The Hall–Kier alpha value is -3.48. The van der Waals surface area contributed by atoms with Gasteiger partial charge in [0.05, 0.1) is 16.6 Å². The number of aromatic nitrogens is 3. The van der Waals surface area contributed by atoms with Crippen LogP contribution < -0.4 is 11.1 Å². The lowest BCUT2D eigenvalue weighted by molar-refractivity contribution is 0.625. The van der Waals surface area contributed by atoms with Crippen LogP contribution in [0.1, 0.15) is 5.69 Å². The molecule has 0 aliphatic rings. The van der Waals surface area contributed by atoms with Gasteiger partial charge in [0.1, 0.15) is 11.6 Å². The summed E-state index contributed by atoms with van der Waals surface area (Å²) in [4.78, 5) is 25.4. The Balaban J connectivity index is 2.01. The highest BCUT2D eigenvalue weighted by molar-refractivity contribution is 5.81. The average Bonchev–Trinajstić information content (AvgIpc) is 2.93. The second-order valence-corrected chi connectivity index (χ2v) is 5.90. The Morgan fingerprint density at radius 1 is 0.885 bits per heavy atom. The molecule has 0 bridgehead atoms. The molecular formula is C19H13F2N3O2. The second-order valence-electron chi connectivity index (χ2n) is 5.90. The molecule has 26 heavy (non-hydrogen) atoms. The van der Waals surface area contributed by atoms with Gasteiger partial charge < -0.3 is 0 Å². The van der Waals surface area contributed by atoms with Crippen LogP contribution >= 0.6 is 0 Å². The molecule has 2 heterocycles. The van der Waals surface area contributed by atoms with Crippen molar-refractivity contribution in [2.45, 2.75) is 6.92 Å². The van der Waals surface area contributed by atoms with Crippen LogP contribution in [0, 0.1) is 18.6 Å². The zero-order valence-corrected chi connectivity index (χ0v) is 13.7. The van der Waals surface area contributed by atoms with Gasteiger partial charge in [-0.1, -0.05) is 6.07 Å². The topological polar surface area (TPSA) is 59.8 Å². The molecule has 0 radical (unpaired) electrons. The fourth-order valence-electron chi connectivity index (χ4n) is 3.08. The van der Waals surface area contributed by atoms with E-state index in [4.69, 9.17) is 0 Å². The van der Waals surface area contributed by atoms with Crippen LogP contribution in [0.3, 0.4) is 0 Å². The number of hydrogen-bond donors (Lipinski definition) is 1. The summed E-state index contributed by atoms with van der Waals surface area (Å²) in [5.41, 5.74) is 0.768. The Morgan fingerprint density at radius 3 is 2.31 bits per heavy atom. The molecule has 0 amide bonds. The third kappa shape index (κ3) is 2.45. The molecule has 0 aliphatic carbocycles. The highest BCUT2D eigenvalue weighted by Gasteiger charge is 2.16. The third-order valence-electron chi connectivity index (χ3n) is 4.26. The van der Waals surface area contributed by atoms with Gasteiger partial charge in [0.25, 0.3) is 11.1 Å². The van der Waals surface area contributed by atoms with Crippen LogP contribution in [0.4, 0.5) is 8.78 Å². The monoisotopic (exact) mass is 353 g/mol. The minimum atomic E-state index is -0.476. The van der Waals surface area contributed by atoms with Crippen molar-refractivity contribution < 1.29 is 8.78 Å². The lowest BCUT2D eigenvalue weighted by Gasteiger charge is -2.09. The molecule has 0 unspecified atom stereocenters. The number of nitrogens with zero attached hydrogens (tertiary/aromatic N) is 2. The van der Waals surface area contributed by atoms with Crippen molar-refractivity contribution in [2.24, 2.45) is 0 Å². The fraction of sp³-hybridized carbons (Fsp3) is 0.0526. The number of fused-ring (bicyclic) bond motifs is 1. The summed E-state index contributed by atoms with van der Waals surface area (Å²) in [6.45, 7) is 1.64. The van der Waals surface area contributed by atoms with Gasteiger partial charge in [-0.3, -0.25) is 19.3 Å². The first-order valence-corrected chi connectivity index (χ1v) is 7.85. The van der Waals surface area contributed by atoms with Crippen LogP contribution in [0.15, 0.2) is 64.2 Å². The smallest absolute Gasteiger partial charge is 0.280 e. The van der Waals surface area contributed by atoms with E-state index in [1.165, 1.54) is 57.8 Å². The Morgan fingerprint density at radius 2 is 1.62 bits per heavy atom. The third-order valence-corrected chi connectivity index (χ3v) is 4.26. The minimum absolute atomic E-state index is 0.304. The van der Waals surface area contributed by atoms with E-state index in [0.29, 0.717) is 28.0 Å². The summed E-state index contributed by atoms with van der Waals surface area (Å²) in [5, 5.41) is 3.14. The standard InChI is InChI=1S/C19H13F2N3O2/c1-11-18-16(10-17(25)23(11)14-7-5-12(20)6-8-14)22-24(19(18)26)15-4-2-3-13(21)9-15/h2-10,22H,1H3. The summed E-state index contributed by atoms with van der Waals surface area (Å²) in [5.74, 6) is -0.897. The first-order chi connectivity index (χ1) is 12.5. The van der Waals surface area contributed by atoms with Crippen LogP contribution in [0.5, 0.6) is 0 Å². The molecule has 0 atom stereocenters. The van der Waals surface area contributed by atoms with Crippen molar-refractivity contribution in [1.82, 2.24) is 14.3 Å². The summed E-state index contributed by atoms with van der Waals surface area (Å²) in [6, 6.07) is 12.3. The van der Waals surface area contributed by atoms with Gasteiger partial charge in [-0.25, -0.2) is 13.5 Å². The maximum atomic E-state index is 13.5. The van der Waals surface area contributed by atoms with Gasteiger partial charge in [-0.05, 0) is 49.4 Å². The maximum Gasteiger partial charge on any atom is 0.280 e. The largest absolute Gasteiger partial charge is 0.290 e. The van der Waals surface area contributed by atoms with Crippen molar-refractivity contribution in [3.63, 3.8) is 0 Å². The zero-order chi connectivity index (χ0) is 18.4. The van der Waals surface area contributed by atoms with Gasteiger partial charge in [0.2, 0.25) is 0 Å². The maximum absolute atomic E-state index is 13.5. The quantitative estimate of drug-likeness (QED) is 0.602. The molecule has 7 heteroatoms. The number of rotatable bonds is 2. The van der Waals surface area contributed by atoms with Crippen molar-refractivity contribution in [3.8, 4) is 11.4 Å². The molecule has 0 spiro atoms. The molecule has 130 valence electrons. The fourth-order valence-corrected chi connectivity index (χ4v) is 3.08. The van der Waals surface area contributed by atoms with E-state index in [0.717, 1.165) is 0 Å². The Labute approximate surface area is 145 Å². The van der Waals surface area contributed by atoms with E-state index in [1.54, 1.807) is 13.0 Å². The SMILES string of the molecule is Cc1c2c(=O)n(-c3cccc(F)c3)[nH]c2cc(=O)n1-c1ccc(F)cc1. The Kier molecular flexibility index (Phi) is 3.57. The van der Waals surface area contributed by atoms with Crippen molar-refractivity contribution >= 4 is 10.9 Å². The predicted molar refractivity (Wildman–Crippen MR) is 94.1 cm³/mol. The number of halogens is 2. The number of hydrogen-bond acceptors (Lipinski definition) is 2. The molecule has 0 saturated heterocycles. The first-order valence-electron chi connectivity index (χ1n) is 7.85. The summed E-state index contributed by atoms with van der Waals surface area (Å²) < 4.78 is 29.2. The number of pyridine rings is 1. The molecule has 5 nitrogen and oxygen atoms in total. The number of H-pyrrole nitrogens is 1. The summed E-state index contributed by atoms with van der Waals surface area (Å²) in [7, 11) is 0. The molecule has 0 aliphatic heterocycles. The van der Waals surface area contributed by atoms with Crippen molar-refractivity contribution in [2.75, 3.05) is 0 Å². The highest BCUT2D eigenvalue weighted by atomic mass is 19.1. The normalized spacial score (nSPS) is 11.2. The number of nitrogens with one attached hydrogen (secondary N) is 1. The molecule has 0 saturated carbocycles. The summed E-state index contributed by atoms with van der Waals surface area (Å²) >= 11 is 0. The molecule has 4 aromatic rings. The lowest BCUT2D eigenvalue weighted by Crippen LogP contribution is -2.21. The molecular weight excluding hydrogens is 340 g/mol. The van der Waals surface area contributed by atoms with Crippen molar-refractivity contribution in [3.05, 3.63) is 92.6 Å². The minimum Gasteiger partial charge on any atom is -0.290 e. The molecule has 0 fully saturated rings. The number of aromatic amines is 1. The van der Waals surface area contributed by atoms with E-state index in [9.17, 15) is 18.4 Å². The van der Waals surface area contributed by atoms with E-state index in [1.807, 2.05) is 0 Å². The van der Waals surface area contributed by atoms with E-state index >= 15 is 0 Å². The second kappa shape index (κ2) is 5.80. The zero-order valence-electron chi connectivity index (χ0n) is 13.7. The molecule has 2 aromatic carbocycles. The van der Waals surface area contributed by atoms with Gasteiger partial charge >= 0.3 is 0 Å². The van der Waals surface area contributed by atoms with Gasteiger partial charge in [0, 0.05) is 17.4 Å². The molecule has 1 N–H and O–H groups in total. The average molecular weight is 353 g/mol. The lowest BCUT2D eigenvalue weighted by atomic mass is 10.2. The first kappa shape index (κ1) is 16.0. The van der Waals surface area contributed by atoms with Crippen LogP contribution in [-0.2, 0) is 0 Å². The van der Waals surface area contributed by atoms with E-state index in [-0.39, 0.29) is 5.56 Å². The van der Waals surface area contributed by atoms with Crippen molar-refractivity contribution in [1.29, 1.82) is 0 Å². The van der Waals surface area contributed by atoms with Gasteiger partial charge in [0.15, 0.2) is 0 Å². The van der Waals surface area contributed by atoms with E-state index < -0.39 is 17.2 Å². The van der Waals surface area contributed by atoms with E-state index in [2.05, 4.69) is 5.10 Å². The van der Waals surface area contributed by atoms with Crippen LogP contribution in [0.2, 0.25) is 0 Å². The van der Waals surface area contributed by atoms with Gasteiger partial charge in [-0.15, -0.1) is 0 Å². The van der Waals surface area contributed by atoms with Crippen LogP contribution in [0.25, 0.3) is 22.3 Å². The molecule has 2 aromatic heterocycles. The number of benzene rings is 2. The Bertz CT molecular complexity index is 1250. The number of aryl methyl sites for hydroxylation is 1. The highest BCUT2D eigenvalue weighted by Crippen LogP contribution is 2.17. The van der Waals surface area contributed by atoms with Crippen LogP contribution in [-0.4, -0.2) is 14.3 Å². The van der Waals surface area contributed by atoms with Gasteiger partial charge in [-0.2, -0.15) is 0 Å². The summed E-state index contributed by atoms with van der Waals surface area (Å²) in [6.07, 6.45) is 0. The molecule has 4 rings (SSSR count). The predicted octanol–water partition coefficient (Wildman–Crippen LogP) is 3.06.